The average Bonchev–Trinajstić information content (AvgIpc) is 2.91. The highest BCUT2D eigenvalue weighted by molar-refractivity contribution is 9.11. The molecule has 3 rings (SSSR count). The van der Waals surface area contributed by atoms with E-state index in [2.05, 4.69) is 62.4 Å². The Balaban J connectivity index is 1.98. The van der Waals surface area contributed by atoms with Crippen molar-refractivity contribution in [1.29, 1.82) is 0 Å². The molecule has 0 saturated carbocycles. The number of benzene rings is 1. The molecule has 0 saturated heterocycles. The van der Waals surface area contributed by atoms with Crippen molar-refractivity contribution in [2.24, 2.45) is 0 Å². The van der Waals surface area contributed by atoms with Gasteiger partial charge in [-0.25, -0.2) is 0 Å². The van der Waals surface area contributed by atoms with E-state index < -0.39 is 0 Å². The van der Waals surface area contributed by atoms with Gasteiger partial charge in [-0.3, -0.25) is 9.97 Å². The van der Waals surface area contributed by atoms with Gasteiger partial charge in [0.05, 0.1) is 14.8 Å². The first-order valence-corrected chi connectivity index (χ1v) is 8.56. The van der Waals surface area contributed by atoms with Crippen molar-refractivity contribution in [3.63, 3.8) is 0 Å². The quantitative estimate of drug-likeness (QED) is 0.733. The van der Waals surface area contributed by atoms with E-state index in [0.717, 1.165) is 24.0 Å². The van der Waals surface area contributed by atoms with Crippen LogP contribution in [0.3, 0.4) is 0 Å². The van der Waals surface area contributed by atoms with Crippen LogP contribution in [0.5, 0.6) is 0 Å². The van der Waals surface area contributed by atoms with Crippen LogP contribution in [0.1, 0.15) is 23.4 Å². The van der Waals surface area contributed by atoms with Crippen LogP contribution < -0.4 is 5.32 Å². The van der Waals surface area contributed by atoms with Gasteiger partial charge in [-0.15, -0.1) is 11.3 Å². The van der Waals surface area contributed by atoms with E-state index in [1.165, 1.54) is 14.2 Å². The molecule has 1 atom stereocenters. The third-order valence-electron chi connectivity index (χ3n) is 3.39. The number of hydrogen-bond donors (Lipinski definition) is 1. The molecule has 2 heterocycles. The summed E-state index contributed by atoms with van der Waals surface area (Å²) in [6, 6.07) is 10.7. The SMILES string of the molecule is CCNC(Cc1ccc(Br)s1)c1cccc2nccnc12. The van der Waals surface area contributed by atoms with Crippen molar-refractivity contribution in [2.45, 2.75) is 19.4 Å². The number of likely N-dealkylation sites (N-methyl/N-ethyl adjacent to an activating group) is 1. The van der Waals surface area contributed by atoms with Crippen LogP contribution in [0.2, 0.25) is 0 Å². The van der Waals surface area contributed by atoms with Crippen molar-refractivity contribution in [3.8, 4) is 0 Å². The molecule has 3 aromatic rings. The summed E-state index contributed by atoms with van der Waals surface area (Å²) in [5.74, 6) is 0. The van der Waals surface area contributed by atoms with Crippen molar-refractivity contribution in [1.82, 2.24) is 15.3 Å². The van der Waals surface area contributed by atoms with E-state index in [1.807, 2.05) is 6.07 Å². The molecule has 108 valence electrons. The molecule has 1 N–H and O–H groups in total. The fourth-order valence-corrected chi connectivity index (χ4v) is 4.03. The van der Waals surface area contributed by atoms with E-state index in [-0.39, 0.29) is 6.04 Å². The molecule has 0 aliphatic carbocycles. The number of thiophene rings is 1. The molecule has 1 aromatic carbocycles. The van der Waals surface area contributed by atoms with E-state index in [4.69, 9.17) is 0 Å². The van der Waals surface area contributed by atoms with Crippen LogP contribution in [-0.4, -0.2) is 16.5 Å². The van der Waals surface area contributed by atoms with Gasteiger partial charge < -0.3 is 5.32 Å². The predicted molar refractivity (Wildman–Crippen MR) is 91.7 cm³/mol. The normalized spacial score (nSPS) is 12.7. The molecule has 2 aromatic heterocycles. The number of aromatic nitrogens is 2. The first kappa shape index (κ1) is 14.6. The lowest BCUT2D eigenvalue weighted by atomic mass is 10.0. The molecular weight excluding hydrogens is 346 g/mol. The molecule has 0 spiro atoms. The minimum atomic E-state index is 0.251. The number of fused-ring (bicyclic) bond motifs is 1. The molecule has 0 aliphatic rings. The van der Waals surface area contributed by atoms with Gasteiger partial charge in [-0.1, -0.05) is 19.1 Å². The molecule has 0 bridgehead atoms. The van der Waals surface area contributed by atoms with E-state index >= 15 is 0 Å². The van der Waals surface area contributed by atoms with Crippen LogP contribution in [0.4, 0.5) is 0 Å². The van der Waals surface area contributed by atoms with Crippen LogP contribution >= 0.6 is 27.3 Å². The maximum absolute atomic E-state index is 4.52. The summed E-state index contributed by atoms with van der Waals surface area (Å²) in [6.45, 7) is 3.06. The van der Waals surface area contributed by atoms with Crippen LogP contribution in [0.15, 0.2) is 46.5 Å². The minimum absolute atomic E-state index is 0.251. The molecule has 0 radical (unpaired) electrons. The second-order valence-corrected chi connectivity index (χ2v) is 7.34. The fourth-order valence-electron chi connectivity index (χ4n) is 2.50. The minimum Gasteiger partial charge on any atom is -0.310 e. The van der Waals surface area contributed by atoms with Gasteiger partial charge in [-0.2, -0.15) is 0 Å². The molecule has 1 unspecified atom stereocenters. The summed E-state index contributed by atoms with van der Waals surface area (Å²) < 4.78 is 1.17. The highest BCUT2D eigenvalue weighted by atomic mass is 79.9. The largest absolute Gasteiger partial charge is 0.310 e. The molecule has 0 amide bonds. The Morgan fingerprint density at radius 1 is 1.19 bits per heavy atom. The number of hydrogen-bond acceptors (Lipinski definition) is 4. The Hall–Kier alpha value is -1.30. The molecule has 5 heteroatoms. The molecular formula is C16H16BrN3S. The molecule has 21 heavy (non-hydrogen) atoms. The fraction of sp³-hybridized carbons (Fsp3) is 0.250. The van der Waals surface area contributed by atoms with Crippen LogP contribution in [0, 0.1) is 0 Å². The van der Waals surface area contributed by atoms with Gasteiger partial charge in [0.1, 0.15) is 0 Å². The van der Waals surface area contributed by atoms with Crippen molar-refractivity contribution in [3.05, 3.63) is 57.0 Å². The van der Waals surface area contributed by atoms with Crippen LogP contribution in [0.25, 0.3) is 11.0 Å². The number of nitrogens with zero attached hydrogens (tertiary/aromatic N) is 2. The average molecular weight is 362 g/mol. The Morgan fingerprint density at radius 3 is 2.81 bits per heavy atom. The van der Waals surface area contributed by atoms with Gasteiger partial charge in [-0.05, 0) is 46.2 Å². The highest BCUT2D eigenvalue weighted by Crippen LogP contribution is 2.29. The lowest BCUT2D eigenvalue weighted by Gasteiger charge is -2.18. The zero-order chi connectivity index (χ0) is 14.7. The standard InChI is InChI=1S/C16H16BrN3S/c1-2-18-14(10-11-6-7-15(17)21-11)12-4-3-5-13-16(12)20-9-8-19-13/h3-9,14,18H,2,10H2,1H3. The summed E-state index contributed by atoms with van der Waals surface area (Å²) in [7, 11) is 0. The monoisotopic (exact) mass is 361 g/mol. The smallest absolute Gasteiger partial charge is 0.0934 e. The lowest BCUT2D eigenvalue weighted by molar-refractivity contribution is 0.556. The molecule has 0 fully saturated rings. The zero-order valence-corrected chi connectivity index (χ0v) is 14.1. The summed E-state index contributed by atoms with van der Waals surface area (Å²) in [5.41, 5.74) is 3.15. The maximum atomic E-state index is 4.52. The van der Waals surface area contributed by atoms with Gasteiger partial charge >= 0.3 is 0 Å². The second kappa shape index (κ2) is 6.64. The number of rotatable bonds is 5. The number of nitrogens with one attached hydrogen (secondary N) is 1. The number of halogens is 1. The summed E-state index contributed by atoms with van der Waals surface area (Å²) >= 11 is 5.32. The first-order valence-electron chi connectivity index (χ1n) is 6.95. The summed E-state index contributed by atoms with van der Waals surface area (Å²) in [4.78, 5) is 10.3. The van der Waals surface area contributed by atoms with Crippen molar-refractivity contribution >= 4 is 38.3 Å². The third-order valence-corrected chi connectivity index (χ3v) is 5.04. The number of para-hydroxylation sites is 1. The topological polar surface area (TPSA) is 37.8 Å². The van der Waals surface area contributed by atoms with Crippen LogP contribution in [-0.2, 0) is 6.42 Å². The van der Waals surface area contributed by atoms with Crippen molar-refractivity contribution in [2.75, 3.05) is 6.54 Å². The maximum Gasteiger partial charge on any atom is 0.0934 e. The Kier molecular flexibility index (Phi) is 4.63. The van der Waals surface area contributed by atoms with Gasteiger partial charge in [0.2, 0.25) is 0 Å². The predicted octanol–water partition coefficient (Wildman–Crippen LogP) is 4.35. The van der Waals surface area contributed by atoms with Gasteiger partial charge in [0.15, 0.2) is 0 Å². The Labute approximate surface area is 136 Å². The lowest BCUT2D eigenvalue weighted by Crippen LogP contribution is -2.23. The Morgan fingerprint density at radius 2 is 2.05 bits per heavy atom. The van der Waals surface area contributed by atoms with Gasteiger partial charge in [0, 0.05) is 29.7 Å². The Bertz CT molecular complexity index is 736. The van der Waals surface area contributed by atoms with E-state index in [0.29, 0.717) is 0 Å². The van der Waals surface area contributed by atoms with Gasteiger partial charge in [0.25, 0.3) is 0 Å². The van der Waals surface area contributed by atoms with Crippen molar-refractivity contribution < 1.29 is 0 Å². The van der Waals surface area contributed by atoms with E-state index in [1.54, 1.807) is 23.7 Å². The molecule has 3 nitrogen and oxygen atoms in total. The third kappa shape index (κ3) is 3.31. The molecule has 0 aliphatic heterocycles. The highest BCUT2D eigenvalue weighted by Gasteiger charge is 2.16. The van der Waals surface area contributed by atoms with E-state index in [9.17, 15) is 0 Å². The second-order valence-electron chi connectivity index (χ2n) is 4.79. The zero-order valence-electron chi connectivity index (χ0n) is 11.7. The first-order chi connectivity index (χ1) is 10.3. The summed E-state index contributed by atoms with van der Waals surface area (Å²) in [5, 5.41) is 3.57. The summed E-state index contributed by atoms with van der Waals surface area (Å²) in [6.07, 6.45) is 4.46.